The molecular weight excluding hydrogens is 216 g/mol. The van der Waals surface area contributed by atoms with Crippen LogP contribution in [0.25, 0.3) is 0 Å². The second-order valence-corrected chi connectivity index (χ2v) is 3.00. The Bertz CT molecular complexity index is 248. The molecule has 16 heavy (non-hydrogen) atoms. The molecule has 0 aliphatic carbocycles. The highest BCUT2D eigenvalue weighted by Gasteiger charge is 2.11. The first-order chi connectivity index (χ1) is 7.60. The fourth-order valence-corrected chi connectivity index (χ4v) is 0.777. The molecule has 0 spiro atoms. The minimum absolute atomic E-state index is 0.0552. The Morgan fingerprint density at radius 1 is 1.06 bits per heavy atom. The number of aliphatic hydroxyl groups excluding tert-OH is 1. The van der Waals surface area contributed by atoms with Gasteiger partial charge in [0.1, 0.15) is 0 Å². The van der Waals surface area contributed by atoms with Crippen LogP contribution >= 0.6 is 0 Å². The van der Waals surface area contributed by atoms with Crippen molar-refractivity contribution < 1.29 is 29.0 Å². The Hall–Kier alpha value is -1.43. The molecule has 0 bridgehead atoms. The van der Waals surface area contributed by atoms with Gasteiger partial charge in [0.05, 0.1) is 19.4 Å². The van der Waals surface area contributed by atoms with Gasteiger partial charge in [0.2, 0.25) is 0 Å². The SMILES string of the molecule is CCC(=O)OC(=O)CCC(=O)OCCCO. The average molecular weight is 232 g/mol. The summed E-state index contributed by atoms with van der Waals surface area (Å²) in [5.41, 5.74) is 0. The highest BCUT2D eigenvalue weighted by Crippen LogP contribution is 1.98. The summed E-state index contributed by atoms with van der Waals surface area (Å²) in [7, 11) is 0. The number of esters is 3. The topological polar surface area (TPSA) is 89.9 Å². The van der Waals surface area contributed by atoms with E-state index in [1.165, 1.54) is 0 Å². The Morgan fingerprint density at radius 2 is 1.69 bits per heavy atom. The second-order valence-electron chi connectivity index (χ2n) is 3.00. The summed E-state index contributed by atoms with van der Waals surface area (Å²) in [6, 6.07) is 0. The maximum atomic E-state index is 11.0. The fraction of sp³-hybridized carbons (Fsp3) is 0.700. The minimum Gasteiger partial charge on any atom is -0.466 e. The molecule has 0 heterocycles. The van der Waals surface area contributed by atoms with E-state index in [1.54, 1.807) is 6.92 Å². The molecule has 0 aliphatic heterocycles. The molecule has 6 heteroatoms. The molecule has 0 aromatic heterocycles. The van der Waals surface area contributed by atoms with E-state index in [0.717, 1.165) is 0 Å². The molecule has 0 aromatic rings. The monoisotopic (exact) mass is 232 g/mol. The minimum atomic E-state index is -0.731. The Labute approximate surface area is 93.5 Å². The summed E-state index contributed by atoms with van der Waals surface area (Å²) in [6.07, 6.45) is 0.183. The molecule has 0 aromatic carbocycles. The van der Waals surface area contributed by atoms with E-state index in [1.807, 2.05) is 0 Å². The Morgan fingerprint density at radius 3 is 2.25 bits per heavy atom. The number of hydrogen-bond acceptors (Lipinski definition) is 6. The van der Waals surface area contributed by atoms with Gasteiger partial charge in [0.15, 0.2) is 0 Å². The van der Waals surface area contributed by atoms with Crippen molar-refractivity contribution >= 4 is 17.9 Å². The zero-order chi connectivity index (χ0) is 12.4. The van der Waals surface area contributed by atoms with Crippen molar-refractivity contribution in [3.63, 3.8) is 0 Å². The van der Waals surface area contributed by atoms with Crippen molar-refractivity contribution in [3.8, 4) is 0 Å². The average Bonchev–Trinajstić information content (AvgIpc) is 2.26. The number of carbonyl (C=O) groups is 3. The van der Waals surface area contributed by atoms with Gasteiger partial charge < -0.3 is 14.6 Å². The third kappa shape index (κ3) is 7.93. The van der Waals surface area contributed by atoms with Gasteiger partial charge in [0, 0.05) is 19.4 Å². The molecule has 0 radical (unpaired) electrons. The van der Waals surface area contributed by atoms with Crippen LogP contribution in [0, 0.1) is 0 Å². The summed E-state index contributed by atoms with van der Waals surface area (Å²) in [5.74, 6) is -1.89. The third-order valence-corrected chi connectivity index (χ3v) is 1.62. The predicted octanol–water partition coefficient (Wildman–Crippen LogP) is 0.172. The van der Waals surface area contributed by atoms with E-state index in [-0.39, 0.29) is 32.5 Å². The van der Waals surface area contributed by atoms with E-state index in [4.69, 9.17) is 5.11 Å². The van der Waals surface area contributed by atoms with E-state index in [9.17, 15) is 14.4 Å². The smallest absolute Gasteiger partial charge is 0.314 e. The van der Waals surface area contributed by atoms with E-state index >= 15 is 0 Å². The van der Waals surface area contributed by atoms with E-state index in [0.29, 0.717) is 6.42 Å². The summed E-state index contributed by atoms with van der Waals surface area (Å²) in [4.78, 5) is 32.6. The summed E-state index contributed by atoms with van der Waals surface area (Å²) >= 11 is 0. The van der Waals surface area contributed by atoms with Crippen LogP contribution in [0.4, 0.5) is 0 Å². The van der Waals surface area contributed by atoms with Gasteiger partial charge in [-0.3, -0.25) is 14.4 Å². The molecule has 0 aliphatic rings. The van der Waals surface area contributed by atoms with Gasteiger partial charge in [-0.05, 0) is 0 Å². The molecule has 0 atom stereocenters. The van der Waals surface area contributed by atoms with Gasteiger partial charge >= 0.3 is 17.9 Å². The molecule has 0 fully saturated rings. The highest BCUT2D eigenvalue weighted by atomic mass is 16.6. The molecule has 0 unspecified atom stereocenters. The van der Waals surface area contributed by atoms with Crippen molar-refractivity contribution in [1.82, 2.24) is 0 Å². The molecule has 6 nitrogen and oxygen atoms in total. The van der Waals surface area contributed by atoms with Crippen LogP contribution in [-0.2, 0) is 23.9 Å². The van der Waals surface area contributed by atoms with Crippen LogP contribution in [0.2, 0.25) is 0 Å². The molecular formula is C10H16O6. The van der Waals surface area contributed by atoms with Crippen LogP contribution in [0.1, 0.15) is 32.6 Å². The Balaban J connectivity index is 3.59. The Kier molecular flexibility index (Phi) is 8.05. The van der Waals surface area contributed by atoms with E-state index in [2.05, 4.69) is 9.47 Å². The number of ether oxygens (including phenoxy) is 2. The lowest BCUT2D eigenvalue weighted by Crippen LogP contribution is -2.14. The first kappa shape index (κ1) is 14.6. The van der Waals surface area contributed by atoms with E-state index < -0.39 is 17.9 Å². The molecule has 0 amide bonds. The summed E-state index contributed by atoms with van der Waals surface area (Å²) < 4.78 is 9.02. The maximum absolute atomic E-state index is 11.0. The maximum Gasteiger partial charge on any atom is 0.314 e. The van der Waals surface area contributed by atoms with Crippen molar-refractivity contribution in [2.24, 2.45) is 0 Å². The molecule has 1 N–H and O–H groups in total. The van der Waals surface area contributed by atoms with Crippen molar-refractivity contribution in [2.45, 2.75) is 32.6 Å². The van der Waals surface area contributed by atoms with Gasteiger partial charge in [-0.15, -0.1) is 0 Å². The summed E-state index contributed by atoms with van der Waals surface area (Å²) in [6.45, 7) is 1.64. The lowest BCUT2D eigenvalue weighted by molar-refractivity contribution is -0.161. The van der Waals surface area contributed by atoms with Gasteiger partial charge in [-0.2, -0.15) is 0 Å². The van der Waals surface area contributed by atoms with Crippen LogP contribution in [0.3, 0.4) is 0 Å². The van der Waals surface area contributed by atoms with Crippen molar-refractivity contribution in [2.75, 3.05) is 13.2 Å². The lowest BCUT2D eigenvalue weighted by Gasteiger charge is -2.03. The largest absolute Gasteiger partial charge is 0.466 e. The number of rotatable bonds is 7. The molecule has 0 rings (SSSR count). The fourth-order valence-electron chi connectivity index (χ4n) is 0.777. The number of hydrogen-bond donors (Lipinski definition) is 1. The van der Waals surface area contributed by atoms with Gasteiger partial charge in [-0.25, -0.2) is 0 Å². The zero-order valence-corrected chi connectivity index (χ0v) is 9.23. The van der Waals surface area contributed by atoms with Crippen molar-refractivity contribution in [3.05, 3.63) is 0 Å². The van der Waals surface area contributed by atoms with Crippen molar-refractivity contribution in [1.29, 1.82) is 0 Å². The van der Waals surface area contributed by atoms with Crippen LogP contribution in [-0.4, -0.2) is 36.2 Å². The number of aliphatic hydroxyl groups is 1. The molecule has 92 valence electrons. The van der Waals surface area contributed by atoms with Crippen LogP contribution in [0.5, 0.6) is 0 Å². The van der Waals surface area contributed by atoms with Crippen LogP contribution < -0.4 is 0 Å². The first-order valence-electron chi connectivity index (χ1n) is 5.10. The normalized spacial score (nSPS) is 9.62. The highest BCUT2D eigenvalue weighted by molar-refractivity contribution is 5.87. The van der Waals surface area contributed by atoms with Gasteiger partial charge in [-0.1, -0.05) is 6.92 Å². The summed E-state index contributed by atoms with van der Waals surface area (Å²) in [5, 5.41) is 8.42. The molecule has 0 saturated carbocycles. The predicted molar refractivity (Wildman–Crippen MR) is 53.3 cm³/mol. The standard InChI is InChI=1S/C10H16O6/c1-2-8(12)16-10(14)5-4-9(13)15-7-3-6-11/h11H,2-7H2,1H3. The number of carbonyl (C=O) groups excluding carboxylic acids is 3. The lowest BCUT2D eigenvalue weighted by atomic mass is 10.3. The third-order valence-electron chi connectivity index (χ3n) is 1.62. The quantitative estimate of drug-likeness (QED) is 0.382. The molecule has 0 saturated heterocycles. The first-order valence-corrected chi connectivity index (χ1v) is 5.10. The zero-order valence-electron chi connectivity index (χ0n) is 9.23. The van der Waals surface area contributed by atoms with Crippen LogP contribution in [0.15, 0.2) is 0 Å². The second kappa shape index (κ2) is 8.84. The van der Waals surface area contributed by atoms with Gasteiger partial charge in [0.25, 0.3) is 0 Å².